The molecule has 1 fully saturated rings. The molecule has 0 radical (unpaired) electrons. The van der Waals surface area contributed by atoms with Crippen molar-refractivity contribution in [3.8, 4) is 23.1 Å². The van der Waals surface area contributed by atoms with Crippen LogP contribution >= 0.6 is 11.6 Å². The first-order valence-corrected chi connectivity index (χ1v) is 13.5. The molecule has 2 aliphatic rings. The average molecular weight is 531 g/mol. The zero-order chi connectivity index (χ0) is 27.0. The third-order valence-electron chi connectivity index (χ3n) is 8.10. The summed E-state index contributed by atoms with van der Waals surface area (Å²) in [6.07, 6.45) is 5.90. The van der Waals surface area contributed by atoms with Gasteiger partial charge in [-0.3, -0.25) is 0 Å². The summed E-state index contributed by atoms with van der Waals surface area (Å²) >= 11 is 6.78. The average Bonchev–Trinajstić information content (AvgIpc) is 3.23. The van der Waals surface area contributed by atoms with Gasteiger partial charge in [0, 0.05) is 37.0 Å². The highest BCUT2D eigenvalue weighted by molar-refractivity contribution is 6.33. The summed E-state index contributed by atoms with van der Waals surface area (Å²) in [5.74, 6) is 1.12. The molecule has 5 rings (SSSR count). The van der Waals surface area contributed by atoms with Crippen LogP contribution in [-0.2, 0) is 11.8 Å². The van der Waals surface area contributed by atoms with Crippen molar-refractivity contribution >= 4 is 28.9 Å². The van der Waals surface area contributed by atoms with E-state index in [4.69, 9.17) is 21.3 Å². The number of nitrogens with one attached hydrogen (secondary N) is 1. The summed E-state index contributed by atoms with van der Waals surface area (Å²) in [7, 11) is 5.94. The van der Waals surface area contributed by atoms with E-state index in [1.807, 2.05) is 24.3 Å². The number of halogens is 1. The molecule has 0 amide bonds. The summed E-state index contributed by atoms with van der Waals surface area (Å²) in [5, 5.41) is 13.8. The second kappa shape index (κ2) is 10.4. The van der Waals surface area contributed by atoms with Crippen LogP contribution in [0.15, 0.2) is 36.5 Å². The molecule has 1 N–H and O–H groups in total. The highest BCUT2D eigenvalue weighted by Gasteiger charge is 2.32. The van der Waals surface area contributed by atoms with Crippen molar-refractivity contribution in [1.29, 1.82) is 5.26 Å². The largest absolute Gasteiger partial charge is 0.494 e. The molecule has 7 nitrogen and oxygen atoms in total. The van der Waals surface area contributed by atoms with Gasteiger partial charge in [-0.1, -0.05) is 25.4 Å². The summed E-state index contributed by atoms with van der Waals surface area (Å²) in [4.78, 5) is 13.9. The van der Waals surface area contributed by atoms with Gasteiger partial charge in [-0.2, -0.15) is 5.26 Å². The van der Waals surface area contributed by atoms with Crippen LogP contribution in [0.4, 0.5) is 17.3 Å². The Labute approximate surface area is 230 Å². The van der Waals surface area contributed by atoms with Gasteiger partial charge in [0.05, 0.1) is 40.8 Å². The lowest BCUT2D eigenvalue weighted by Crippen LogP contribution is -2.42. The van der Waals surface area contributed by atoms with E-state index in [0.717, 1.165) is 61.3 Å². The maximum absolute atomic E-state index is 9.80. The fourth-order valence-corrected chi connectivity index (χ4v) is 6.02. The lowest BCUT2D eigenvalue weighted by Gasteiger charge is -2.37. The zero-order valence-corrected chi connectivity index (χ0v) is 23.6. The van der Waals surface area contributed by atoms with Crippen molar-refractivity contribution in [2.45, 2.75) is 51.0 Å². The van der Waals surface area contributed by atoms with Crippen LogP contribution in [0.1, 0.15) is 49.8 Å². The van der Waals surface area contributed by atoms with Gasteiger partial charge in [0.2, 0.25) is 5.95 Å². The summed E-state index contributed by atoms with van der Waals surface area (Å²) in [5.41, 5.74) is 6.53. The van der Waals surface area contributed by atoms with Gasteiger partial charge >= 0.3 is 0 Å². The third kappa shape index (κ3) is 5.03. The monoisotopic (exact) mass is 530 g/mol. The molecule has 3 aromatic rings. The van der Waals surface area contributed by atoms with Gasteiger partial charge in [0.25, 0.3) is 0 Å². The highest BCUT2D eigenvalue weighted by atomic mass is 35.5. The van der Waals surface area contributed by atoms with Crippen LogP contribution in [0, 0.1) is 11.3 Å². The molecule has 0 bridgehead atoms. The van der Waals surface area contributed by atoms with Gasteiger partial charge < -0.3 is 19.9 Å². The summed E-state index contributed by atoms with van der Waals surface area (Å²) in [6.45, 7) is 6.37. The molecule has 198 valence electrons. The quantitative estimate of drug-likeness (QED) is 0.408. The van der Waals surface area contributed by atoms with E-state index in [-0.39, 0.29) is 5.41 Å². The first-order valence-electron chi connectivity index (χ1n) is 13.2. The maximum Gasteiger partial charge on any atom is 0.227 e. The molecule has 1 aliphatic carbocycles. The van der Waals surface area contributed by atoms with Crippen LogP contribution in [-0.4, -0.2) is 55.2 Å². The number of benzene rings is 2. The minimum absolute atomic E-state index is 0.0403. The zero-order valence-electron chi connectivity index (χ0n) is 22.8. The van der Waals surface area contributed by atoms with Crippen molar-refractivity contribution < 1.29 is 4.74 Å². The van der Waals surface area contributed by atoms with Gasteiger partial charge in [0.15, 0.2) is 0 Å². The standard InChI is InChI=1S/C30H35ClN6O/c1-30(2)10-6-22-20(18-32)14-19(15-23(22)30)25-7-11-33-29(34-25)35-26-16-24(31)27(17-28(26)38-5)37-12-8-21(9-13-37)36(3)4/h7,11,14-17,21H,6,8-10,12-13H2,1-5H3,(H,33,34,35). The van der Waals surface area contributed by atoms with Crippen molar-refractivity contribution in [2.75, 3.05) is 44.5 Å². The summed E-state index contributed by atoms with van der Waals surface area (Å²) in [6, 6.07) is 12.9. The van der Waals surface area contributed by atoms with Crippen LogP contribution in [0.2, 0.25) is 5.02 Å². The van der Waals surface area contributed by atoms with Crippen LogP contribution in [0.3, 0.4) is 0 Å². The second-order valence-corrected chi connectivity index (χ2v) is 11.5. The van der Waals surface area contributed by atoms with Gasteiger partial charge in [-0.15, -0.1) is 0 Å². The Balaban J connectivity index is 1.42. The molecule has 1 aliphatic heterocycles. The van der Waals surface area contributed by atoms with E-state index in [0.29, 0.717) is 28.4 Å². The van der Waals surface area contributed by atoms with E-state index in [1.54, 1.807) is 13.3 Å². The fraction of sp³-hybridized carbons (Fsp3) is 0.433. The molecule has 2 heterocycles. The van der Waals surface area contributed by atoms with Crippen LogP contribution in [0.25, 0.3) is 11.3 Å². The third-order valence-corrected chi connectivity index (χ3v) is 8.40. The Kier molecular flexibility index (Phi) is 7.21. The molecule has 1 saturated heterocycles. The SMILES string of the molecule is COc1cc(N2CCC(N(C)C)CC2)c(Cl)cc1Nc1nccc(-c2cc(C#N)c3c(c2)C(C)(C)CC3)n1. The number of anilines is 3. The predicted molar refractivity (Wildman–Crippen MR) is 154 cm³/mol. The Morgan fingerprint density at radius 2 is 1.95 bits per heavy atom. The number of aromatic nitrogens is 2. The number of nitrogens with zero attached hydrogens (tertiary/aromatic N) is 5. The minimum Gasteiger partial charge on any atom is -0.494 e. The maximum atomic E-state index is 9.80. The smallest absolute Gasteiger partial charge is 0.227 e. The molecule has 0 spiro atoms. The molecule has 2 aromatic carbocycles. The fourth-order valence-electron chi connectivity index (χ4n) is 5.74. The van der Waals surface area contributed by atoms with E-state index >= 15 is 0 Å². The molecule has 0 atom stereocenters. The molecule has 1 aromatic heterocycles. The van der Waals surface area contributed by atoms with Crippen molar-refractivity contribution in [2.24, 2.45) is 0 Å². The Morgan fingerprint density at radius 1 is 1.18 bits per heavy atom. The van der Waals surface area contributed by atoms with Crippen LogP contribution < -0.4 is 15.0 Å². The number of methoxy groups -OCH3 is 1. The van der Waals surface area contributed by atoms with E-state index in [2.05, 4.69) is 60.2 Å². The highest BCUT2D eigenvalue weighted by Crippen LogP contribution is 2.42. The minimum atomic E-state index is 0.0403. The van der Waals surface area contributed by atoms with Crippen molar-refractivity contribution in [3.05, 3.63) is 58.2 Å². The molecule has 0 saturated carbocycles. The van der Waals surface area contributed by atoms with Crippen LogP contribution in [0.5, 0.6) is 5.75 Å². The van der Waals surface area contributed by atoms with E-state index in [9.17, 15) is 5.26 Å². The normalized spacial score (nSPS) is 16.8. The predicted octanol–water partition coefficient (Wildman–Crippen LogP) is 6.18. The Morgan fingerprint density at radius 3 is 2.63 bits per heavy atom. The molecule has 38 heavy (non-hydrogen) atoms. The van der Waals surface area contributed by atoms with Gasteiger partial charge in [-0.25, -0.2) is 9.97 Å². The Hall–Kier alpha value is -3.34. The molecular formula is C30H35ClN6O. The number of nitriles is 1. The van der Waals surface area contributed by atoms with Crippen molar-refractivity contribution in [1.82, 2.24) is 14.9 Å². The second-order valence-electron chi connectivity index (χ2n) is 11.1. The molecular weight excluding hydrogens is 496 g/mol. The first-order chi connectivity index (χ1) is 18.2. The topological polar surface area (TPSA) is 77.3 Å². The summed E-state index contributed by atoms with van der Waals surface area (Å²) < 4.78 is 5.73. The number of fused-ring (bicyclic) bond motifs is 1. The molecule has 0 unspecified atom stereocenters. The number of rotatable bonds is 6. The molecule has 8 heteroatoms. The number of hydrogen-bond donors (Lipinski definition) is 1. The lowest BCUT2D eigenvalue weighted by molar-refractivity contribution is 0.249. The first kappa shape index (κ1) is 26.3. The van der Waals surface area contributed by atoms with Gasteiger partial charge in [0.1, 0.15) is 5.75 Å². The lowest BCUT2D eigenvalue weighted by atomic mass is 9.84. The number of ether oxygens (including phenoxy) is 1. The van der Waals surface area contributed by atoms with E-state index < -0.39 is 0 Å². The Bertz CT molecular complexity index is 1390. The number of hydrogen-bond acceptors (Lipinski definition) is 7. The van der Waals surface area contributed by atoms with Gasteiger partial charge in [-0.05, 0) is 80.6 Å². The van der Waals surface area contributed by atoms with Crippen molar-refractivity contribution in [3.63, 3.8) is 0 Å². The number of piperidine rings is 1. The van der Waals surface area contributed by atoms with E-state index in [1.165, 1.54) is 11.1 Å².